The van der Waals surface area contributed by atoms with E-state index in [2.05, 4.69) is 21.0 Å². The smallest absolute Gasteiger partial charge is 0.216 e. The van der Waals surface area contributed by atoms with Gasteiger partial charge in [0.1, 0.15) is 0 Å². The SMILES string of the molecule is CCNC(=NCc1ccsc1)NCCS(=O)(=O)N1CC(C)OC(C)C1.I. The van der Waals surface area contributed by atoms with E-state index in [9.17, 15) is 8.42 Å². The molecule has 0 spiro atoms. The van der Waals surface area contributed by atoms with E-state index in [1.807, 2.05) is 32.2 Å². The summed E-state index contributed by atoms with van der Waals surface area (Å²) in [5.74, 6) is 0.669. The van der Waals surface area contributed by atoms with Gasteiger partial charge in [-0.3, -0.25) is 0 Å². The van der Waals surface area contributed by atoms with Crippen LogP contribution >= 0.6 is 35.3 Å². The largest absolute Gasteiger partial charge is 0.373 e. The lowest BCUT2D eigenvalue weighted by Crippen LogP contribution is -2.50. The monoisotopic (exact) mass is 516 g/mol. The van der Waals surface area contributed by atoms with E-state index in [0.29, 0.717) is 32.1 Å². The van der Waals surface area contributed by atoms with Crippen LogP contribution in [0.1, 0.15) is 26.3 Å². The van der Waals surface area contributed by atoms with Gasteiger partial charge in [-0.05, 0) is 43.2 Å². The van der Waals surface area contributed by atoms with Gasteiger partial charge in [0.15, 0.2) is 5.96 Å². The molecule has 1 aromatic rings. The van der Waals surface area contributed by atoms with Crippen molar-refractivity contribution in [3.63, 3.8) is 0 Å². The number of morpholine rings is 1. The topological polar surface area (TPSA) is 83.0 Å². The Kier molecular flexibility index (Phi) is 10.4. The van der Waals surface area contributed by atoms with E-state index in [-0.39, 0.29) is 41.9 Å². The quantitative estimate of drug-likeness (QED) is 0.329. The van der Waals surface area contributed by atoms with Gasteiger partial charge in [-0.1, -0.05) is 0 Å². The first-order valence-electron chi connectivity index (χ1n) is 8.57. The van der Waals surface area contributed by atoms with Gasteiger partial charge >= 0.3 is 0 Å². The molecule has 1 saturated heterocycles. The molecule has 2 atom stereocenters. The molecule has 0 amide bonds. The zero-order chi connectivity index (χ0) is 18.3. The third kappa shape index (κ3) is 7.67. The lowest BCUT2D eigenvalue weighted by molar-refractivity contribution is -0.0440. The fraction of sp³-hybridized carbons (Fsp3) is 0.688. The second-order valence-corrected chi connectivity index (χ2v) is 9.01. The zero-order valence-electron chi connectivity index (χ0n) is 15.5. The van der Waals surface area contributed by atoms with Crippen LogP contribution in [0.25, 0.3) is 0 Å². The van der Waals surface area contributed by atoms with Crippen LogP contribution in [0.3, 0.4) is 0 Å². The predicted octanol–water partition coefficient (Wildman–Crippen LogP) is 1.86. The van der Waals surface area contributed by atoms with Crippen LogP contribution in [0, 0.1) is 0 Å². The van der Waals surface area contributed by atoms with Crippen molar-refractivity contribution in [1.29, 1.82) is 0 Å². The number of aliphatic imine (C=N–C) groups is 1. The number of sulfonamides is 1. The molecule has 0 saturated carbocycles. The zero-order valence-corrected chi connectivity index (χ0v) is 19.4. The highest BCUT2D eigenvalue weighted by Crippen LogP contribution is 2.14. The van der Waals surface area contributed by atoms with E-state index < -0.39 is 10.0 Å². The minimum Gasteiger partial charge on any atom is -0.373 e. The summed E-state index contributed by atoms with van der Waals surface area (Å²) < 4.78 is 32.2. The third-order valence-corrected chi connectivity index (χ3v) is 6.31. The van der Waals surface area contributed by atoms with Gasteiger partial charge in [0.25, 0.3) is 0 Å². The first-order chi connectivity index (χ1) is 11.9. The standard InChI is InChI=1S/C16H28N4O3S2.HI/c1-4-17-16(19-9-15-5-7-24-12-15)18-6-8-25(21,22)20-10-13(2)23-14(3)11-20;/h5,7,12-14H,4,6,8-11H2,1-3H3,(H2,17,18,19);1H. The Labute approximate surface area is 177 Å². The number of nitrogens with zero attached hydrogens (tertiary/aromatic N) is 2. The summed E-state index contributed by atoms with van der Waals surface area (Å²) >= 11 is 1.64. The van der Waals surface area contributed by atoms with Gasteiger partial charge < -0.3 is 15.4 Å². The van der Waals surface area contributed by atoms with Crippen molar-refractivity contribution in [1.82, 2.24) is 14.9 Å². The fourth-order valence-corrected chi connectivity index (χ4v) is 4.83. The van der Waals surface area contributed by atoms with Gasteiger partial charge in [0, 0.05) is 26.2 Å². The highest BCUT2D eigenvalue weighted by atomic mass is 127. The number of halogens is 1. The predicted molar refractivity (Wildman–Crippen MR) is 118 cm³/mol. The Bertz CT molecular complexity index is 642. The first kappa shape index (κ1) is 23.6. The average molecular weight is 516 g/mol. The second kappa shape index (κ2) is 11.4. The molecule has 2 rings (SSSR count). The molecule has 2 N–H and O–H groups in total. The molecule has 0 aromatic carbocycles. The maximum Gasteiger partial charge on any atom is 0.216 e. The Hall–Kier alpha value is -0.430. The molecular weight excluding hydrogens is 487 g/mol. The molecule has 10 heteroatoms. The summed E-state index contributed by atoms with van der Waals surface area (Å²) in [6.07, 6.45) is -0.146. The minimum absolute atomic E-state index is 0. The summed E-state index contributed by atoms with van der Waals surface area (Å²) in [5.41, 5.74) is 1.14. The van der Waals surface area contributed by atoms with Gasteiger partial charge in [0.2, 0.25) is 10.0 Å². The molecular formula is C16H29IN4O3S2. The number of rotatable bonds is 7. The number of guanidine groups is 1. The molecule has 0 aliphatic carbocycles. The van der Waals surface area contributed by atoms with Crippen molar-refractivity contribution in [2.24, 2.45) is 4.99 Å². The molecule has 0 bridgehead atoms. The Morgan fingerprint density at radius 3 is 2.62 bits per heavy atom. The van der Waals surface area contributed by atoms with Gasteiger partial charge in [-0.2, -0.15) is 15.6 Å². The Morgan fingerprint density at radius 2 is 2.04 bits per heavy atom. The van der Waals surface area contributed by atoms with E-state index >= 15 is 0 Å². The summed E-state index contributed by atoms with van der Waals surface area (Å²) in [6.45, 7) is 8.23. The highest BCUT2D eigenvalue weighted by Gasteiger charge is 2.30. The van der Waals surface area contributed by atoms with Gasteiger partial charge in [-0.25, -0.2) is 13.4 Å². The van der Waals surface area contributed by atoms with Crippen LogP contribution in [-0.2, 0) is 21.3 Å². The lowest BCUT2D eigenvalue weighted by atomic mass is 10.3. The fourth-order valence-electron chi connectivity index (χ4n) is 2.68. The summed E-state index contributed by atoms with van der Waals surface area (Å²) in [5, 5.41) is 10.3. The summed E-state index contributed by atoms with van der Waals surface area (Å²) in [4.78, 5) is 4.48. The highest BCUT2D eigenvalue weighted by molar-refractivity contribution is 14.0. The van der Waals surface area contributed by atoms with E-state index in [0.717, 1.165) is 12.1 Å². The maximum absolute atomic E-state index is 12.5. The molecule has 7 nitrogen and oxygen atoms in total. The molecule has 1 aliphatic rings. The van der Waals surface area contributed by atoms with Crippen molar-refractivity contribution in [2.45, 2.75) is 39.5 Å². The van der Waals surface area contributed by atoms with Crippen LogP contribution in [0.15, 0.2) is 21.8 Å². The molecule has 150 valence electrons. The number of hydrogen-bond donors (Lipinski definition) is 2. The van der Waals surface area contributed by atoms with Crippen LogP contribution in [0.5, 0.6) is 0 Å². The first-order valence-corrected chi connectivity index (χ1v) is 11.1. The number of ether oxygens (including phenoxy) is 1. The van der Waals surface area contributed by atoms with Crippen LogP contribution in [0.4, 0.5) is 0 Å². The average Bonchev–Trinajstić information content (AvgIpc) is 3.05. The van der Waals surface area contributed by atoms with Crippen molar-refractivity contribution in [2.75, 3.05) is 31.9 Å². The molecule has 0 radical (unpaired) electrons. The number of thiophene rings is 1. The van der Waals surface area contributed by atoms with Crippen LogP contribution in [0.2, 0.25) is 0 Å². The maximum atomic E-state index is 12.5. The second-order valence-electron chi connectivity index (χ2n) is 6.14. The third-order valence-electron chi connectivity index (χ3n) is 3.78. The van der Waals surface area contributed by atoms with Gasteiger partial charge in [0.05, 0.1) is 24.5 Å². The van der Waals surface area contributed by atoms with Crippen molar-refractivity contribution in [3.05, 3.63) is 22.4 Å². The summed E-state index contributed by atoms with van der Waals surface area (Å²) in [6, 6.07) is 2.03. The lowest BCUT2D eigenvalue weighted by Gasteiger charge is -2.34. The van der Waals surface area contributed by atoms with E-state index in [1.165, 1.54) is 4.31 Å². The molecule has 1 fully saturated rings. The van der Waals surface area contributed by atoms with Gasteiger partial charge in [-0.15, -0.1) is 24.0 Å². The summed E-state index contributed by atoms with van der Waals surface area (Å²) in [7, 11) is -3.31. The van der Waals surface area contributed by atoms with Crippen molar-refractivity contribution < 1.29 is 13.2 Å². The van der Waals surface area contributed by atoms with Crippen molar-refractivity contribution >= 4 is 51.3 Å². The minimum atomic E-state index is -3.31. The van der Waals surface area contributed by atoms with Crippen LogP contribution in [-0.4, -0.2) is 62.8 Å². The van der Waals surface area contributed by atoms with Crippen molar-refractivity contribution in [3.8, 4) is 0 Å². The van der Waals surface area contributed by atoms with E-state index in [1.54, 1.807) is 11.3 Å². The van der Waals surface area contributed by atoms with Crippen LogP contribution < -0.4 is 10.6 Å². The molecule has 2 unspecified atom stereocenters. The Balaban J connectivity index is 0.00000338. The molecule has 1 aliphatic heterocycles. The van der Waals surface area contributed by atoms with E-state index in [4.69, 9.17) is 4.74 Å². The normalized spacial score (nSPS) is 21.9. The number of nitrogens with one attached hydrogen (secondary N) is 2. The Morgan fingerprint density at radius 1 is 1.35 bits per heavy atom. The number of hydrogen-bond acceptors (Lipinski definition) is 5. The molecule has 1 aromatic heterocycles. The molecule has 26 heavy (non-hydrogen) atoms. The molecule has 2 heterocycles.